The summed E-state index contributed by atoms with van der Waals surface area (Å²) in [4.78, 5) is 19.5. The number of aliphatic imine (C=N–C) groups is 1. The number of benzene rings is 1. The van der Waals surface area contributed by atoms with Crippen LogP contribution in [0.4, 0.5) is 0 Å². The van der Waals surface area contributed by atoms with Gasteiger partial charge >= 0.3 is 0 Å². The van der Waals surface area contributed by atoms with Crippen molar-refractivity contribution in [2.24, 2.45) is 15.8 Å². The maximum Gasteiger partial charge on any atom is 0.264 e. The highest BCUT2D eigenvalue weighted by atomic mass is 32.1. The maximum absolute atomic E-state index is 12.4. The second-order valence-corrected chi connectivity index (χ2v) is 9.69. The molecule has 156 valence electrons. The number of aromatic hydroxyl groups is 1. The fourth-order valence-electron chi connectivity index (χ4n) is 4.75. The minimum absolute atomic E-state index is 0.0411. The van der Waals surface area contributed by atoms with Crippen LogP contribution in [0.3, 0.4) is 0 Å². The van der Waals surface area contributed by atoms with Crippen LogP contribution in [-0.4, -0.2) is 38.6 Å². The van der Waals surface area contributed by atoms with Gasteiger partial charge < -0.3 is 10.2 Å². The summed E-state index contributed by atoms with van der Waals surface area (Å²) in [5.41, 5.74) is 1.09. The molecule has 0 amide bonds. The molecule has 0 aliphatic heterocycles. The summed E-state index contributed by atoms with van der Waals surface area (Å²) in [7, 11) is 0. The van der Waals surface area contributed by atoms with Gasteiger partial charge in [0, 0.05) is 12.8 Å². The van der Waals surface area contributed by atoms with Crippen LogP contribution < -0.4 is 5.56 Å². The number of hydrogen-bond donors (Lipinski definition) is 3. The molecule has 6 nitrogen and oxygen atoms in total. The number of para-hydroxylation sites is 1. The van der Waals surface area contributed by atoms with E-state index in [4.69, 9.17) is 12.2 Å². The van der Waals surface area contributed by atoms with Crippen molar-refractivity contribution in [3.63, 3.8) is 0 Å². The molecule has 0 radical (unpaired) electrons. The molecule has 1 saturated carbocycles. The molecule has 2 aromatic rings. The van der Waals surface area contributed by atoms with Crippen molar-refractivity contribution in [1.29, 1.82) is 0 Å². The van der Waals surface area contributed by atoms with Crippen LogP contribution in [0.15, 0.2) is 34.1 Å². The first-order chi connectivity index (χ1) is 13.5. The Bertz CT molecular complexity index is 1050. The van der Waals surface area contributed by atoms with Crippen LogP contribution in [0.5, 0.6) is 5.88 Å². The molecular weight excluding hydrogens is 386 g/mol. The topological polar surface area (TPSA) is 90.6 Å². The van der Waals surface area contributed by atoms with Gasteiger partial charge in [0.2, 0.25) is 5.88 Å². The number of rotatable bonds is 4. The number of aromatic amines is 1. The Morgan fingerprint density at radius 1 is 1.31 bits per heavy atom. The predicted molar refractivity (Wildman–Crippen MR) is 118 cm³/mol. The number of aromatic nitrogens is 2. The average Bonchev–Trinajstić information content (AvgIpc) is 2.57. The third kappa shape index (κ3) is 4.67. The van der Waals surface area contributed by atoms with E-state index in [1.54, 1.807) is 0 Å². The van der Waals surface area contributed by atoms with E-state index in [-0.39, 0.29) is 33.1 Å². The van der Waals surface area contributed by atoms with Crippen LogP contribution in [0, 0.1) is 22.5 Å². The van der Waals surface area contributed by atoms with Gasteiger partial charge in [0.15, 0.2) is 4.77 Å². The molecule has 29 heavy (non-hydrogen) atoms. The molecule has 0 spiro atoms. The van der Waals surface area contributed by atoms with Gasteiger partial charge in [-0.25, -0.2) is 0 Å². The highest BCUT2D eigenvalue weighted by Gasteiger charge is 2.40. The first-order valence-electron chi connectivity index (χ1n) is 9.84. The van der Waals surface area contributed by atoms with Crippen LogP contribution in [-0.2, 0) is 0 Å². The summed E-state index contributed by atoms with van der Waals surface area (Å²) in [5.74, 6) is -0.231. The van der Waals surface area contributed by atoms with Gasteiger partial charge in [-0.1, -0.05) is 39.0 Å². The van der Waals surface area contributed by atoms with E-state index in [1.165, 1.54) is 10.8 Å². The van der Waals surface area contributed by atoms with Crippen molar-refractivity contribution in [2.45, 2.75) is 53.1 Å². The van der Waals surface area contributed by atoms with E-state index in [0.29, 0.717) is 18.7 Å². The third-order valence-electron chi connectivity index (χ3n) is 5.59. The van der Waals surface area contributed by atoms with E-state index >= 15 is 0 Å². The Labute approximate surface area is 176 Å². The smallest absolute Gasteiger partial charge is 0.264 e. The maximum atomic E-state index is 12.4. The van der Waals surface area contributed by atoms with Crippen molar-refractivity contribution in [1.82, 2.24) is 9.55 Å². The quantitative estimate of drug-likeness (QED) is 0.522. The molecule has 7 heteroatoms. The Kier molecular flexibility index (Phi) is 5.83. The summed E-state index contributed by atoms with van der Waals surface area (Å²) < 4.78 is 1.57. The first kappa shape index (κ1) is 21.5. The van der Waals surface area contributed by atoms with E-state index in [0.717, 1.165) is 18.4 Å². The average molecular weight is 416 g/mol. The highest BCUT2D eigenvalue weighted by molar-refractivity contribution is 7.71. The largest absolute Gasteiger partial charge is 0.494 e. The molecule has 1 fully saturated rings. The highest BCUT2D eigenvalue weighted by Crippen LogP contribution is 2.46. The van der Waals surface area contributed by atoms with Gasteiger partial charge in [0.1, 0.15) is 5.56 Å². The van der Waals surface area contributed by atoms with Crippen molar-refractivity contribution in [2.75, 3.05) is 6.54 Å². The van der Waals surface area contributed by atoms with Crippen LogP contribution in [0.1, 0.15) is 51.2 Å². The number of nitrogens with zero attached hydrogens (tertiary/aromatic N) is 2. The normalized spacial score (nSPS) is 24.1. The van der Waals surface area contributed by atoms with Gasteiger partial charge in [-0.05, 0) is 60.9 Å². The first-order valence-corrected chi connectivity index (χ1v) is 10.2. The van der Waals surface area contributed by atoms with Gasteiger partial charge in [-0.15, -0.1) is 0 Å². The van der Waals surface area contributed by atoms with Gasteiger partial charge in [0.25, 0.3) is 5.56 Å². The molecule has 0 saturated heterocycles. The van der Waals surface area contributed by atoms with E-state index < -0.39 is 5.56 Å². The van der Waals surface area contributed by atoms with Crippen molar-refractivity contribution in [3.05, 3.63) is 50.5 Å². The molecule has 3 rings (SSSR count). The number of nitrogens with one attached hydrogen (secondary N) is 1. The number of hydrogen-bond acceptors (Lipinski definition) is 5. The van der Waals surface area contributed by atoms with Gasteiger partial charge in [0.05, 0.1) is 11.8 Å². The van der Waals surface area contributed by atoms with Crippen molar-refractivity contribution < 1.29 is 10.2 Å². The second-order valence-electron chi connectivity index (χ2n) is 9.30. The van der Waals surface area contributed by atoms with Crippen LogP contribution in [0.2, 0.25) is 0 Å². The zero-order valence-electron chi connectivity index (χ0n) is 17.4. The molecule has 1 heterocycles. The molecule has 1 aliphatic carbocycles. The lowest BCUT2D eigenvalue weighted by Gasteiger charge is -2.44. The molecule has 2 atom stereocenters. The minimum Gasteiger partial charge on any atom is -0.494 e. The summed E-state index contributed by atoms with van der Waals surface area (Å²) in [6.45, 7) is 8.79. The molecular formula is C22H29N3O3S. The monoisotopic (exact) mass is 415 g/mol. The Hall–Kier alpha value is -2.25. The second kappa shape index (κ2) is 7.88. The zero-order valence-corrected chi connectivity index (χ0v) is 18.2. The Balaban J connectivity index is 1.94. The molecule has 3 N–H and O–H groups in total. The number of aryl methyl sites for hydroxylation is 1. The molecule has 1 aliphatic rings. The van der Waals surface area contributed by atoms with E-state index in [9.17, 15) is 15.0 Å². The lowest BCUT2D eigenvalue weighted by atomic mass is 9.63. The Morgan fingerprint density at radius 3 is 2.66 bits per heavy atom. The SMILES string of the molecule is Cc1ccccc1-n1c(O)c(C=NC[C@]2(C)C[C@@H](O)CC(C)(C)C2)c(=O)[nH]c1=S. The molecule has 1 aromatic heterocycles. The summed E-state index contributed by atoms with van der Waals surface area (Å²) >= 11 is 5.27. The van der Waals surface area contributed by atoms with Gasteiger partial charge in [-0.3, -0.25) is 19.3 Å². The van der Waals surface area contributed by atoms with Crippen LogP contribution in [0.25, 0.3) is 5.69 Å². The fourth-order valence-corrected chi connectivity index (χ4v) is 5.03. The zero-order chi connectivity index (χ0) is 21.4. The summed E-state index contributed by atoms with van der Waals surface area (Å²) in [5, 5.41) is 21.0. The third-order valence-corrected chi connectivity index (χ3v) is 5.88. The number of aliphatic hydroxyl groups is 1. The minimum atomic E-state index is -0.477. The lowest BCUT2D eigenvalue weighted by Crippen LogP contribution is -2.40. The summed E-state index contributed by atoms with van der Waals surface area (Å²) in [6, 6.07) is 7.48. The lowest BCUT2D eigenvalue weighted by molar-refractivity contribution is -0.00472. The van der Waals surface area contributed by atoms with E-state index in [1.807, 2.05) is 31.2 Å². The number of H-pyrrole nitrogens is 1. The van der Waals surface area contributed by atoms with Gasteiger partial charge in [-0.2, -0.15) is 0 Å². The molecule has 0 bridgehead atoms. The Morgan fingerprint density at radius 2 is 2.00 bits per heavy atom. The molecule has 1 aromatic carbocycles. The predicted octanol–water partition coefficient (Wildman–Crippen LogP) is 3.91. The van der Waals surface area contributed by atoms with E-state index in [2.05, 4.69) is 30.7 Å². The van der Waals surface area contributed by atoms with Crippen molar-refractivity contribution in [3.8, 4) is 11.6 Å². The van der Waals surface area contributed by atoms with Crippen LogP contribution >= 0.6 is 12.2 Å². The summed E-state index contributed by atoms with van der Waals surface area (Å²) in [6.07, 6.45) is 3.45. The molecule has 0 unspecified atom stereocenters. The van der Waals surface area contributed by atoms with Crippen molar-refractivity contribution >= 4 is 18.4 Å². The number of aliphatic hydroxyl groups excluding tert-OH is 1. The fraction of sp³-hybridized carbons (Fsp3) is 0.500. The standard InChI is InChI=1S/C22H29N3O3S/c1-14-7-5-6-8-17(14)25-19(28)16(18(27)24-20(25)29)11-23-13-22(4)10-15(26)9-21(2,3)12-22/h5-8,11,15,26,28H,9-10,12-13H2,1-4H3,(H,24,27,29)/t15-,22+/m0/s1.